The van der Waals surface area contributed by atoms with Gasteiger partial charge >= 0.3 is 0 Å². The first-order valence-electron chi connectivity index (χ1n) is 11.0. The topological polar surface area (TPSA) is 67.8 Å². The summed E-state index contributed by atoms with van der Waals surface area (Å²) in [5, 5.41) is 6.81. The second kappa shape index (κ2) is 12.2. The number of hydrogen-bond donors (Lipinski definition) is 2. The quantitative estimate of drug-likeness (QED) is 0.310. The van der Waals surface area contributed by atoms with Gasteiger partial charge in [-0.25, -0.2) is 0 Å². The van der Waals surface area contributed by atoms with Crippen LogP contribution in [-0.4, -0.2) is 43.4 Å². The van der Waals surface area contributed by atoms with E-state index in [0.29, 0.717) is 0 Å². The molecule has 6 heteroatoms. The van der Waals surface area contributed by atoms with Crippen LogP contribution in [0.4, 0.5) is 5.69 Å². The molecule has 1 saturated carbocycles. The number of ether oxygens (including phenoxy) is 2. The lowest BCUT2D eigenvalue weighted by molar-refractivity contribution is 0.123. The van der Waals surface area contributed by atoms with Crippen molar-refractivity contribution < 1.29 is 9.47 Å². The molecule has 0 spiro atoms. The van der Waals surface area contributed by atoms with E-state index in [-0.39, 0.29) is 6.10 Å². The van der Waals surface area contributed by atoms with Crippen molar-refractivity contribution >= 4 is 11.6 Å². The lowest BCUT2D eigenvalue weighted by Crippen LogP contribution is -2.32. The van der Waals surface area contributed by atoms with Gasteiger partial charge in [0.15, 0.2) is 5.96 Å². The van der Waals surface area contributed by atoms with Crippen LogP contribution in [0.1, 0.15) is 38.7 Å². The minimum Gasteiger partial charge on any atom is -0.491 e. The van der Waals surface area contributed by atoms with Crippen LogP contribution in [0.15, 0.2) is 53.8 Å². The van der Waals surface area contributed by atoms with Crippen molar-refractivity contribution in [1.82, 2.24) is 10.3 Å². The molecular weight excluding hydrogens is 376 g/mol. The maximum absolute atomic E-state index is 5.72. The number of guanidine groups is 1. The number of aliphatic imine (C=N–C) groups is 1. The highest BCUT2D eigenvalue weighted by Gasteiger charge is 2.20. The molecule has 0 saturated heterocycles. The minimum absolute atomic E-state index is 0.164. The van der Waals surface area contributed by atoms with Gasteiger partial charge in [0.05, 0.1) is 6.10 Å². The van der Waals surface area contributed by atoms with Crippen LogP contribution in [0.5, 0.6) is 5.75 Å². The molecule has 0 amide bonds. The van der Waals surface area contributed by atoms with Gasteiger partial charge in [-0.05, 0) is 81.3 Å². The molecule has 2 aromatic rings. The van der Waals surface area contributed by atoms with E-state index in [9.17, 15) is 0 Å². The van der Waals surface area contributed by atoms with E-state index < -0.39 is 0 Å². The Bertz CT molecular complexity index is 759. The molecule has 162 valence electrons. The van der Waals surface area contributed by atoms with Crippen molar-refractivity contribution in [3.8, 4) is 5.75 Å². The van der Waals surface area contributed by atoms with Crippen LogP contribution in [0, 0.1) is 5.92 Å². The molecule has 1 fully saturated rings. The van der Waals surface area contributed by atoms with Gasteiger partial charge in [-0.1, -0.05) is 6.07 Å². The Hall–Kier alpha value is -2.60. The van der Waals surface area contributed by atoms with Gasteiger partial charge in [0.25, 0.3) is 0 Å². The Morgan fingerprint density at radius 1 is 1.20 bits per heavy atom. The Morgan fingerprint density at radius 2 is 2.03 bits per heavy atom. The fraction of sp³-hybridized carbons (Fsp3) is 0.500. The molecule has 1 aliphatic rings. The van der Waals surface area contributed by atoms with Gasteiger partial charge in [0.2, 0.25) is 0 Å². The van der Waals surface area contributed by atoms with E-state index in [4.69, 9.17) is 14.5 Å². The molecule has 1 aromatic carbocycles. The third-order valence-electron chi connectivity index (χ3n) is 4.68. The maximum Gasteiger partial charge on any atom is 0.195 e. The van der Waals surface area contributed by atoms with Crippen LogP contribution < -0.4 is 15.4 Å². The maximum atomic E-state index is 5.72. The summed E-state index contributed by atoms with van der Waals surface area (Å²) in [4.78, 5) is 8.90. The Balaban J connectivity index is 1.49. The fourth-order valence-electron chi connectivity index (χ4n) is 2.93. The van der Waals surface area contributed by atoms with E-state index in [2.05, 4.69) is 21.7 Å². The summed E-state index contributed by atoms with van der Waals surface area (Å²) in [5.74, 6) is 2.45. The molecule has 30 heavy (non-hydrogen) atoms. The van der Waals surface area contributed by atoms with Gasteiger partial charge in [-0.3, -0.25) is 9.98 Å². The number of anilines is 1. The second-order valence-electron chi connectivity index (χ2n) is 7.96. The number of nitrogens with one attached hydrogen (secondary N) is 2. The highest BCUT2D eigenvalue weighted by atomic mass is 16.5. The van der Waals surface area contributed by atoms with Crippen LogP contribution >= 0.6 is 0 Å². The van der Waals surface area contributed by atoms with Gasteiger partial charge in [0, 0.05) is 44.4 Å². The zero-order valence-corrected chi connectivity index (χ0v) is 18.1. The molecule has 0 aliphatic heterocycles. The molecule has 1 aromatic heterocycles. The number of hydrogen-bond acceptors (Lipinski definition) is 4. The van der Waals surface area contributed by atoms with Crippen molar-refractivity contribution in [2.75, 3.05) is 31.6 Å². The minimum atomic E-state index is 0.164. The Kier molecular flexibility index (Phi) is 8.97. The molecule has 1 aliphatic carbocycles. The highest BCUT2D eigenvalue weighted by Crippen LogP contribution is 2.28. The first-order valence-corrected chi connectivity index (χ1v) is 11.0. The van der Waals surface area contributed by atoms with E-state index in [0.717, 1.165) is 62.5 Å². The van der Waals surface area contributed by atoms with Gasteiger partial charge < -0.3 is 20.1 Å². The predicted molar refractivity (Wildman–Crippen MR) is 122 cm³/mol. The summed E-state index contributed by atoms with van der Waals surface area (Å²) < 4.78 is 11.4. The lowest BCUT2D eigenvalue weighted by Gasteiger charge is -2.14. The largest absolute Gasteiger partial charge is 0.491 e. The summed E-state index contributed by atoms with van der Waals surface area (Å²) in [6.45, 7) is 7.23. The van der Waals surface area contributed by atoms with Crippen molar-refractivity contribution in [3.05, 3.63) is 54.4 Å². The van der Waals surface area contributed by atoms with E-state index in [1.807, 2.05) is 50.4 Å². The van der Waals surface area contributed by atoms with E-state index in [1.165, 1.54) is 18.4 Å². The van der Waals surface area contributed by atoms with Crippen LogP contribution in [0.3, 0.4) is 0 Å². The van der Waals surface area contributed by atoms with Gasteiger partial charge in [-0.15, -0.1) is 0 Å². The smallest absolute Gasteiger partial charge is 0.195 e. The summed E-state index contributed by atoms with van der Waals surface area (Å²) in [5.41, 5.74) is 2.18. The number of nitrogens with zero attached hydrogens (tertiary/aromatic N) is 2. The number of aromatic nitrogens is 1. The van der Waals surface area contributed by atoms with Crippen molar-refractivity contribution in [1.29, 1.82) is 0 Å². The molecule has 2 N–H and O–H groups in total. The first-order chi connectivity index (χ1) is 14.7. The van der Waals surface area contributed by atoms with E-state index >= 15 is 0 Å². The first kappa shape index (κ1) is 22.1. The van der Waals surface area contributed by atoms with Crippen LogP contribution in [0.25, 0.3) is 0 Å². The van der Waals surface area contributed by atoms with Crippen molar-refractivity contribution in [2.45, 2.75) is 45.6 Å². The average molecular weight is 411 g/mol. The number of pyridine rings is 1. The Labute approximate surface area is 180 Å². The highest BCUT2D eigenvalue weighted by molar-refractivity contribution is 5.93. The number of benzene rings is 1. The summed E-state index contributed by atoms with van der Waals surface area (Å²) in [6, 6.07) is 12.0. The average Bonchev–Trinajstić information content (AvgIpc) is 3.56. The molecule has 1 heterocycles. The normalized spacial score (nSPS) is 14.0. The summed E-state index contributed by atoms with van der Waals surface area (Å²) in [7, 11) is 0. The standard InChI is InChI=1S/C24H34N4O2/c1-19(2)30-23-10-8-22(9-11-23)28-24(26-14-4-16-29-18-21-6-7-21)27-15-12-20-5-3-13-25-17-20/h3,5,8-11,13,17,19,21H,4,6-7,12,14-16,18H2,1-2H3,(H2,26,27,28). The SMILES string of the molecule is CC(C)Oc1ccc(NC(=NCCCOCC2CC2)NCCc2cccnc2)cc1. The summed E-state index contributed by atoms with van der Waals surface area (Å²) in [6.07, 6.45) is 8.32. The molecule has 0 radical (unpaired) electrons. The predicted octanol–water partition coefficient (Wildman–Crippen LogP) is 4.29. The zero-order chi connectivity index (χ0) is 21.0. The summed E-state index contributed by atoms with van der Waals surface area (Å²) >= 11 is 0. The third-order valence-corrected chi connectivity index (χ3v) is 4.68. The monoisotopic (exact) mass is 410 g/mol. The fourth-order valence-corrected chi connectivity index (χ4v) is 2.93. The second-order valence-corrected chi connectivity index (χ2v) is 7.96. The van der Waals surface area contributed by atoms with Crippen molar-refractivity contribution in [2.24, 2.45) is 10.9 Å². The van der Waals surface area contributed by atoms with Crippen LogP contribution in [0.2, 0.25) is 0 Å². The zero-order valence-electron chi connectivity index (χ0n) is 18.1. The molecular formula is C24H34N4O2. The Morgan fingerprint density at radius 3 is 2.73 bits per heavy atom. The van der Waals surface area contributed by atoms with Crippen LogP contribution in [-0.2, 0) is 11.2 Å². The van der Waals surface area contributed by atoms with Gasteiger partial charge in [0.1, 0.15) is 5.75 Å². The molecule has 0 bridgehead atoms. The number of rotatable bonds is 12. The molecule has 0 atom stereocenters. The molecule has 3 rings (SSSR count). The van der Waals surface area contributed by atoms with Crippen molar-refractivity contribution in [3.63, 3.8) is 0 Å². The third kappa shape index (κ3) is 8.82. The molecule has 6 nitrogen and oxygen atoms in total. The van der Waals surface area contributed by atoms with E-state index in [1.54, 1.807) is 6.20 Å². The lowest BCUT2D eigenvalue weighted by atomic mass is 10.2. The molecule has 0 unspecified atom stereocenters. The van der Waals surface area contributed by atoms with Gasteiger partial charge in [-0.2, -0.15) is 0 Å².